The van der Waals surface area contributed by atoms with E-state index in [1.807, 2.05) is 23.2 Å². The predicted molar refractivity (Wildman–Crippen MR) is 177 cm³/mol. The Kier molecular flexibility index (Phi) is 7.08. The van der Waals surface area contributed by atoms with Gasteiger partial charge in [0.05, 0.1) is 39.3 Å². The minimum Gasteiger partial charge on any atom is -0.421 e. The summed E-state index contributed by atoms with van der Waals surface area (Å²) in [4.78, 5) is 27.2. The fraction of sp³-hybridized carbons (Fsp3) is 0.417. The molecular weight excluding hydrogens is 616 g/mol. The molecule has 1 amide bonds. The molecule has 4 aliphatic rings. The molecular formula is C36H35FN6O3S. The number of amides is 1. The van der Waals surface area contributed by atoms with Gasteiger partial charge < -0.3 is 19.4 Å². The van der Waals surface area contributed by atoms with E-state index in [1.54, 1.807) is 24.3 Å². The molecule has 0 radical (unpaired) electrons. The van der Waals surface area contributed by atoms with Crippen molar-refractivity contribution in [1.29, 1.82) is 0 Å². The first-order valence-corrected chi connectivity index (χ1v) is 17.5. The van der Waals surface area contributed by atoms with Crippen LogP contribution in [0, 0.1) is 18.7 Å². The van der Waals surface area contributed by atoms with Crippen molar-refractivity contribution >= 4 is 33.1 Å². The second kappa shape index (κ2) is 11.5. The number of nitrogens with zero attached hydrogens (tertiary/aromatic N) is 5. The number of carbonyl (C=O) groups is 1. The summed E-state index contributed by atoms with van der Waals surface area (Å²) in [6, 6.07) is 9.27. The zero-order valence-corrected chi connectivity index (χ0v) is 27.0. The molecule has 4 aromatic heterocycles. The number of pyridine rings is 2. The van der Waals surface area contributed by atoms with Gasteiger partial charge in [0.25, 0.3) is 5.91 Å². The number of benzene rings is 1. The minimum atomic E-state index is -0.202. The number of ether oxygens (including phenoxy) is 1. The van der Waals surface area contributed by atoms with Crippen molar-refractivity contribution in [2.24, 2.45) is 5.92 Å². The zero-order chi connectivity index (χ0) is 31.6. The van der Waals surface area contributed by atoms with E-state index < -0.39 is 0 Å². The number of anilines is 1. The highest BCUT2D eigenvalue weighted by molar-refractivity contribution is 7.23. The monoisotopic (exact) mass is 650 g/mol. The molecule has 3 aliphatic heterocycles. The van der Waals surface area contributed by atoms with Crippen LogP contribution in [-0.2, 0) is 17.6 Å². The molecule has 9 nitrogen and oxygen atoms in total. The van der Waals surface area contributed by atoms with Crippen LogP contribution in [0.1, 0.15) is 89.4 Å². The van der Waals surface area contributed by atoms with Crippen LogP contribution in [0.25, 0.3) is 32.0 Å². The van der Waals surface area contributed by atoms with Crippen molar-refractivity contribution < 1.29 is 18.3 Å². The normalized spacial score (nSPS) is 20.6. The van der Waals surface area contributed by atoms with Gasteiger partial charge in [-0.2, -0.15) is 0 Å². The van der Waals surface area contributed by atoms with Crippen LogP contribution < -0.4 is 5.32 Å². The number of fused-ring (bicyclic) bond motifs is 5. The lowest BCUT2D eigenvalue weighted by Crippen LogP contribution is -2.22. The van der Waals surface area contributed by atoms with Crippen LogP contribution in [0.2, 0.25) is 0 Å². The van der Waals surface area contributed by atoms with Crippen LogP contribution in [-0.4, -0.2) is 50.7 Å². The second-order valence-corrected chi connectivity index (χ2v) is 14.3. The van der Waals surface area contributed by atoms with Gasteiger partial charge in [0.1, 0.15) is 11.6 Å². The van der Waals surface area contributed by atoms with Crippen molar-refractivity contribution in [3.8, 4) is 21.9 Å². The van der Waals surface area contributed by atoms with Gasteiger partial charge in [-0.25, -0.2) is 9.37 Å². The summed E-state index contributed by atoms with van der Waals surface area (Å²) in [5.41, 5.74) is 6.23. The lowest BCUT2D eigenvalue weighted by atomic mass is 9.90. The molecule has 2 fully saturated rings. The number of aryl methyl sites for hydroxylation is 3. The summed E-state index contributed by atoms with van der Waals surface area (Å²) in [5, 5.41) is 13.4. The van der Waals surface area contributed by atoms with Gasteiger partial charge in [-0.15, -0.1) is 21.5 Å². The lowest BCUT2D eigenvalue weighted by Gasteiger charge is -2.22. The van der Waals surface area contributed by atoms with Gasteiger partial charge >= 0.3 is 0 Å². The standard InChI is InChI=1S/C36H35FN6O3S/c1-19-41-42-35(46-19)29-26(8-4-20-11-15-45-16-12-20)39-32-27-3-2-14-43(27)36(44)31(32)30(29)28-18-22-10-13-38-34(33(22)47-28)40-25-9-5-21-17-23(37)6-7-24(21)25/h6-7,10,13,17-18,20,25,27H,2-5,8-9,11-12,14-16H2,1H3,(H,38,40). The van der Waals surface area contributed by atoms with E-state index in [-0.39, 0.29) is 23.8 Å². The molecule has 5 aromatic rings. The summed E-state index contributed by atoms with van der Waals surface area (Å²) in [7, 11) is 0. The molecule has 2 atom stereocenters. The van der Waals surface area contributed by atoms with Crippen LogP contribution in [0.4, 0.5) is 10.2 Å². The summed E-state index contributed by atoms with van der Waals surface area (Å²) >= 11 is 1.62. The molecule has 11 heteroatoms. The number of aromatic nitrogens is 4. The van der Waals surface area contributed by atoms with Crippen LogP contribution in [0.3, 0.4) is 0 Å². The Morgan fingerprint density at radius 3 is 2.81 bits per heavy atom. The van der Waals surface area contributed by atoms with E-state index in [1.165, 1.54) is 6.07 Å². The fourth-order valence-electron chi connectivity index (χ4n) is 8.07. The SMILES string of the molecule is Cc1nnc(-c2c(CCC3CCOCC3)nc3c(c2-c2cc4ccnc(NC5CCc6cc(F)ccc65)c4s2)C(=O)N2CCCC32)o1. The van der Waals surface area contributed by atoms with Gasteiger partial charge in [0.2, 0.25) is 11.8 Å². The van der Waals surface area contributed by atoms with E-state index in [4.69, 9.17) is 19.1 Å². The van der Waals surface area contributed by atoms with Gasteiger partial charge in [0.15, 0.2) is 0 Å². The minimum absolute atomic E-state index is 0.00269. The third-order valence-electron chi connectivity index (χ3n) is 10.4. The Morgan fingerprint density at radius 2 is 1.96 bits per heavy atom. The molecule has 1 aromatic carbocycles. The highest BCUT2D eigenvalue weighted by Gasteiger charge is 2.45. The van der Waals surface area contributed by atoms with E-state index in [0.29, 0.717) is 23.3 Å². The van der Waals surface area contributed by atoms with Crippen molar-refractivity contribution in [1.82, 2.24) is 25.1 Å². The topological polar surface area (TPSA) is 106 Å². The van der Waals surface area contributed by atoms with E-state index in [0.717, 1.165) is 126 Å². The molecule has 0 saturated carbocycles. The van der Waals surface area contributed by atoms with E-state index >= 15 is 0 Å². The third-order valence-corrected chi connectivity index (χ3v) is 11.6. The average molecular weight is 651 g/mol. The third kappa shape index (κ3) is 4.93. The molecule has 1 aliphatic carbocycles. The van der Waals surface area contributed by atoms with Crippen molar-refractivity contribution in [2.45, 2.75) is 70.4 Å². The second-order valence-electron chi connectivity index (χ2n) is 13.2. The number of hydrogen-bond acceptors (Lipinski definition) is 9. The maximum Gasteiger partial charge on any atom is 0.257 e. The number of hydrogen-bond donors (Lipinski definition) is 1. The summed E-state index contributed by atoms with van der Waals surface area (Å²) < 4.78 is 26.7. The maximum absolute atomic E-state index is 14.2. The number of halogens is 1. The molecule has 9 rings (SSSR count). The van der Waals surface area contributed by atoms with Crippen molar-refractivity contribution in [2.75, 3.05) is 25.1 Å². The molecule has 2 saturated heterocycles. The summed E-state index contributed by atoms with van der Waals surface area (Å²) in [6.45, 7) is 4.12. The molecule has 0 spiro atoms. The van der Waals surface area contributed by atoms with Gasteiger partial charge in [-0.1, -0.05) is 6.07 Å². The van der Waals surface area contributed by atoms with Gasteiger partial charge in [-0.05, 0) is 98.1 Å². The Bertz CT molecular complexity index is 2030. The summed E-state index contributed by atoms with van der Waals surface area (Å²) in [5.74, 6) is 2.05. The molecule has 7 heterocycles. The smallest absolute Gasteiger partial charge is 0.257 e. The number of thiophene rings is 1. The van der Waals surface area contributed by atoms with Gasteiger partial charge in [0, 0.05) is 43.3 Å². The fourth-order valence-corrected chi connectivity index (χ4v) is 9.24. The average Bonchev–Trinajstić information content (AvgIpc) is 3.92. The van der Waals surface area contributed by atoms with Crippen molar-refractivity contribution in [3.05, 3.63) is 76.3 Å². The number of carbonyl (C=O) groups excluding carboxylic acids is 1. The highest BCUT2D eigenvalue weighted by Crippen LogP contribution is 2.50. The molecule has 240 valence electrons. The largest absolute Gasteiger partial charge is 0.421 e. The van der Waals surface area contributed by atoms with E-state index in [9.17, 15) is 9.18 Å². The summed E-state index contributed by atoms with van der Waals surface area (Å²) in [6.07, 6.45) is 9.23. The Hall–Kier alpha value is -4.22. The van der Waals surface area contributed by atoms with Gasteiger partial charge in [-0.3, -0.25) is 9.78 Å². The number of rotatable bonds is 7. The molecule has 47 heavy (non-hydrogen) atoms. The van der Waals surface area contributed by atoms with Crippen LogP contribution in [0.15, 0.2) is 40.9 Å². The lowest BCUT2D eigenvalue weighted by molar-refractivity contribution is 0.0639. The zero-order valence-electron chi connectivity index (χ0n) is 26.2. The van der Waals surface area contributed by atoms with E-state index in [2.05, 4.69) is 21.6 Å². The van der Waals surface area contributed by atoms with Crippen LogP contribution in [0.5, 0.6) is 0 Å². The number of nitrogens with one attached hydrogen (secondary N) is 1. The predicted octanol–water partition coefficient (Wildman–Crippen LogP) is 7.61. The maximum atomic E-state index is 14.2. The Balaban J connectivity index is 1.19. The molecule has 0 bridgehead atoms. The Labute approximate surface area is 275 Å². The first kappa shape index (κ1) is 29.0. The Morgan fingerprint density at radius 1 is 1.06 bits per heavy atom. The molecule has 2 unspecified atom stereocenters. The first-order valence-electron chi connectivity index (χ1n) is 16.7. The highest BCUT2D eigenvalue weighted by atomic mass is 32.1. The van der Waals surface area contributed by atoms with Crippen molar-refractivity contribution in [3.63, 3.8) is 0 Å². The van der Waals surface area contributed by atoms with Crippen LogP contribution >= 0.6 is 11.3 Å². The quantitative estimate of drug-likeness (QED) is 0.192. The molecule has 1 N–H and O–H groups in total. The first-order chi connectivity index (χ1) is 23.0.